The van der Waals surface area contributed by atoms with Crippen LogP contribution in [0.1, 0.15) is 28.6 Å². The average molecular weight is 282 g/mol. The maximum atomic E-state index is 12.1. The second-order valence-corrected chi connectivity index (χ2v) is 5.82. The highest BCUT2D eigenvalue weighted by Gasteiger charge is 2.27. The van der Waals surface area contributed by atoms with E-state index in [-0.39, 0.29) is 24.2 Å². The summed E-state index contributed by atoms with van der Waals surface area (Å²) in [7, 11) is 0. The number of Topliss-reactive ketones (excluding diaryl/α,β-unsaturated/α-hetero) is 1. The number of β-amino-alcohol motifs (C(OH)–C–C–N with tert-alkyl or cyclic N) is 1. The van der Waals surface area contributed by atoms with E-state index in [9.17, 15) is 14.7 Å². The molecule has 3 N–H and O–H groups in total. The molecule has 0 saturated carbocycles. The van der Waals surface area contributed by atoms with Crippen LogP contribution in [0.3, 0.4) is 0 Å². The summed E-state index contributed by atoms with van der Waals surface area (Å²) in [5.74, 6) is -0.0121. The predicted molar refractivity (Wildman–Crippen MR) is 73.2 cm³/mol. The molecule has 1 saturated heterocycles. The quantitative estimate of drug-likeness (QED) is 0.787. The minimum absolute atomic E-state index is 0.0167. The lowest BCUT2D eigenvalue weighted by Gasteiger charge is -2.34. The van der Waals surface area contributed by atoms with Gasteiger partial charge in [0, 0.05) is 19.1 Å². The van der Waals surface area contributed by atoms with Crippen molar-refractivity contribution in [2.75, 3.05) is 13.1 Å². The van der Waals surface area contributed by atoms with Gasteiger partial charge in [0.25, 0.3) is 0 Å². The van der Waals surface area contributed by atoms with Crippen molar-refractivity contribution in [1.82, 2.24) is 4.90 Å². The molecule has 2 rings (SSSR count). The summed E-state index contributed by atoms with van der Waals surface area (Å²) in [4.78, 5) is 25.6. The standard InChI is InChI=1S/C13H18N2O3S/c1-8(16)12-4-9(7-19-12)5-13(18)15-3-2-10(14)11(17)6-15/h4,7,10-11,17H,2-3,5-6,14H2,1H3/t10-,11-/m1/s1. The van der Waals surface area contributed by atoms with Crippen LogP contribution in [-0.2, 0) is 11.2 Å². The summed E-state index contributed by atoms with van der Waals surface area (Å²) in [5.41, 5.74) is 6.56. The van der Waals surface area contributed by atoms with Crippen molar-refractivity contribution in [2.45, 2.75) is 31.9 Å². The molecule has 0 unspecified atom stereocenters. The molecule has 0 aromatic carbocycles. The van der Waals surface area contributed by atoms with Crippen LogP contribution in [-0.4, -0.2) is 46.9 Å². The van der Waals surface area contributed by atoms with Gasteiger partial charge < -0.3 is 15.7 Å². The first-order chi connectivity index (χ1) is 8.97. The molecular formula is C13H18N2O3S. The SMILES string of the molecule is CC(=O)c1cc(CC(=O)N2CC[C@@H](N)[C@H](O)C2)cs1. The largest absolute Gasteiger partial charge is 0.390 e. The van der Waals surface area contributed by atoms with Crippen LogP contribution in [0.2, 0.25) is 0 Å². The van der Waals surface area contributed by atoms with Crippen molar-refractivity contribution in [3.63, 3.8) is 0 Å². The predicted octanol–water partition coefficient (Wildman–Crippen LogP) is 0.414. The van der Waals surface area contributed by atoms with E-state index in [0.717, 1.165) is 5.56 Å². The van der Waals surface area contributed by atoms with Crippen LogP contribution in [0.25, 0.3) is 0 Å². The van der Waals surface area contributed by atoms with Gasteiger partial charge >= 0.3 is 0 Å². The minimum atomic E-state index is -0.645. The summed E-state index contributed by atoms with van der Waals surface area (Å²) in [6.07, 6.45) is 0.244. The molecule has 1 fully saturated rings. The third kappa shape index (κ3) is 3.40. The first kappa shape index (κ1) is 14.2. The molecule has 1 aliphatic heterocycles. The average Bonchev–Trinajstić information content (AvgIpc) is 2.81. The molecule has 1 amide bonds. The molecule has 104 valence electrons. The lowest BCUT2D eigenvalue weighted by Crippen LogP contribution is -2.52. The minimum Gasteiger partial charge on any atom is -0.390 e. The number of ketones is 1. The van der Waals surface area contributed by atoms with Crippen molar-refractivity contribution in [3.8, 4) is 0 Å². The van der Waals surface area contributed by atoms with Crippen molar-refractivity contribution in [3.05, 3.63) is 21.9 Å². The van der Waals surface area contributed by atoms with E-state index in [1.54, 1.807) is 11.0 Å². The van der Waals surface area contributed by atoms with Crippen molar-refractivity contribution < 1.29 is 14.7 Å². The molecule has 0 aliphatic carbocycles. The number of aliphatic hydroxyl groups is 1. The Morgan fingerprint density at radius 2 is 2.32 bits per heavy atom. The zero-order valence-corrected chi connectivity index (χ0v) is 11.7. The Morgan fingerprint density at radius 1 is 1.58 bits per heavy atom. The number of carbonyl (C=O) groups excluding carboxylic acids is 2. The summed E-state index contributed by atoms with van der Waals surface area (Å²) < 4.78 is 0. The second-order valence-electron chi connectivity index (χ2n) is 4.91. The number of thiophene rings is 1. The molecule has 1 aliphatic rings. The van der Waals surface area contributed by atoms with E-state index in [0.29, 0.717) is 24.4 Å². The molecule has 2 atom stereocenters. The van der Waals surface area contributed by atoms with Crippen LogP contribution in [0.5, 0.6) is 0 Å². The van der Waals surface area contributed by atoms with Gasteiger partial charge in [0.1, 0.15) is 0 Å². The monoisotopic (exact) mass is 282 g/mol. The highest BCUT2D eigenvalue weighted by Crippen LogP contribution is 2.17. The van der Waals surface area contributed by atoms with E-state index in [1.807, 2.05) is 5.38 Å². The van der Waals surface area contributed by atoms with Gasteiger partial charge in [-0.1, -0.05) is 0 Å². The number of hydrogen-bond acceptors (Lipinski definition) is 5. The second kappa shape index (κ2) is 5.81. The van der Waals surface area contributed by atoms with E-state index < -0.39 is 6.10 Å². The molecule has 1 aromatic heterocycles. The number of rotatable bonds is 3. The molecule has 0 spiro atoms. The number of likely N-dealkylation sites (tertiary alicyclic amines) is 1. The fraction of sp³-hybridized carbons (Fsp3) is 0.538. The van der Waals surface area contributed by atoms with Crippen molar-refractivity contribution in [2.24, 2.45) is 5.73 Å². The number of nitrogens with two attached hydrogens (primary N) is 1. The van der Waals surface area contributed by atoms with Crippen LogP contribution in [0, 0.1) is 0 Å². The van der Waals surface area contributed by atoms with Gasteiger partial charge in [-0.05, 0) is 30.4 Å². The van der Waals surface area contributed by atoms with Gasteiger partial charge in [0.15, 0.2) is 5.78 Å². The summed E-state index contributed by atoms with van der Waals surface area (Å²) in [5, 5.41) is 11.5. The Hall–Kier alpha value is -1.24. The Morgan fingerprint density at radius 3 is 2.89 bits per heavy atom. The smallest absolute Gasteiger partial charge is 0.227 e. The normalized spacial score (nSPS) is 23.4. The molecule has 5 nitrogen and oxygen atoms in total. The van der Waals surface area contributed by atoms with Crippen LogP contribution < -0.4 is 5.73 Å². The highest BCUT2D eigenvalue weighted by atomic mass is 32.1. The van der Waals surface area contributed by atoms with E-state index in [1.165, 1.54) is 18.3 Å². The van der Waals surface area contributed by atoms with Gasteiger partial charge in [-0.3, -0.25) is 9.59 Å². The molecule has 2 heterocycles. The Labute approximate surface area is 116 Å². The molecule has 6 heteroatoms. The molecule has 0 bridgehead atoms. The zero-order valence-electron chi connectivity index (χ0n) is 10.8. The van der Waals surface area contributed by atoms with E-state index in [4.69, 9.17) is 5.73 Å². The van der Waals surface area contributed by atoms with Crippen molar-refractivity contribution in [1.29, 1.82) is 0 Å². The molecule has 0 radical (unpaired) electrons. The van der Waals surface area contributed by atoms with Crippen LogP contribution in [0.15, 0.2) is 11.4 Å². The first-order valence-corrected chi connectivity index (χ1v) is 7.15. The van der Waals surface area contributed by atoms with E-state index in [2.05, 4.69) is 0 Å². The summed E-state index contributed by atoms with van der Waals surface area (Å²) in [6, 6.07) is 1.52. The fourth-order valence-corrected chi connectivity index (χ4v) is 2.93. The maximum Gasteiger partial charge on any atom is 0.227 e. The number of carbonyl (C=O) groups is 2. The Bertz CT molecular complexity index is 486. The van der Waals surface area contributed by atoms with Gasteiger partial charge in [-0.25, -0.2) is 0 Å². The van der Waals surface area contributed by atoms with E-state index >= 15 is 0 Å². The number of hydrogen-bond donors (Lipinski definition) is 2. The number of aliphatic hydroxyl groups excluding tert-OH is 1. The Kier molecular flexibility index (Phi) is 4.34. The first-order valence-electron chi connectivity index (χ1n) is 6.27. The topological polar surface area (TPSA) is 83.6 Å². The van der Waals surface area contributed by atoms with Crippen molar-refractivity contribution >= 4 is 23.0 Å². The third-order valence-electron chi connectivity index (χ3n) is 3.34. The number of piperidine rings is 1. The third-order valence-corrected chi connectivity index (χ3v) is 4.42. The molecular weight excluding hydrogens is 264 g/mol. The number of amides is 1. The highest BCUT2D eigenvalue weighted by molar-refractivity contribution is 7.12. The van der Waals surface area contributed by atoms with Crippen LogP contribution >= 0.6 is 11.3 Å². The lowest BCUT2D eigenvalue weighted by molar-refractivity contribution is -0.133. The van der Waals surface area contributed by atoms with Crippen LogP contribution in [0.4, 0.5) is 0 Å². The van der Waals surface area contributed by atoms with Gasteiger partial charge in [-0.2, -0.15) is 0 Å². The van der Waals surface area contributed by atoms with Gasteiger partial charge in [-0.15, -0.1) is 11.3 Å². The summed E-state index contributed by atoms with van der Waals surface area (Å²) in [6.45, 7) is 2.39. The fourth-order valence-electron chi connectivity index (χ4n) is 2.12. The van der Waals surface area contributed by atoms with Gasteiger partial charge in [0.05, 0.1) is 17.4 Å². The molecule has 19 heavy (non-hydrogen) atoms. The Balaban J connectivity index is 1.95. The summed E-state index contributed by atoms with van der Waals surface area (Å²) >= 11 is 1.36. The lowest BCUT2D eigenvalue weighted by atomic mass is 10.0. The number of nitrogens with zero attached hydrogens (tertiary/aromatic N) is 1. The van der Waals surface area contributed by atoms with Gasteiger partial charge in [0.2, 0.25) is 5.91 Å². The molecule has 1 aromatic rings. The zero-order chi connectivity index (χ0) is 14.0. The maximum absolute atomic E-state index is 12.1.